The Morgan fingerprint density at radius 1 is 0.690 bits per heavy atom. The number of esters is 2. The molecule has 0 aliphatic carbocycles. The third kappa shape index (κ3) is 11.3. The number of cyclic esters (lactones) is 2. The predicted octanol–water partition coefficient (Wildman–Crippen LogP) is 6.30. The van der Waals surface area contributed by atoms with Crippen molar-refractivity contribution in [1.29, 1.82) is 0 Å². The third-order valence-electron chi connectivity index (χ3n) is 5.46. The average molecular weight is 410 g/mol. The molecule has 0 bridgehead atoms. The van der Waals surface area contributed by atoms with Gasteiger partial charge in [-0.25, -0.2) is 9.59 Å². The molecule has 1 heterocycles. The van der Waals surface area contributed by atoms with E-state index in [0.29, 0.717) is 6.42 Å². The molecule has 0 aromatic heterocycles. The molecule has 0 spiro atoms. The van der Waals surface area contributed by atoms with E-state index in [1.165, 1.54) is 97.3 Å². The van der Waals surface area contributed by atoms with E-state index in [0.717, 1.165) is 12.8 Å². The Hall–Kier alpha value is -1.52. The van der Waals surface area contributed by atoms with Gasteiger partial charge < -0.3 is 15.2 Å². The van der Waals surface area contributed by atoms with Gasteiger partial charge in [-0.05, 0) is 12.8 Å². The average Bonchev–Trinajstić information content (AvgIpc) is 2.63. The zero-order valence-corrected chi connectivity index (χ0v) is 19.0. The van der Waals surface area contributed by atoms with E-state index in [2.05, 4.69) is 6.92 Å². The number of carbonyl (C=O) groups excluding carboxylic acids is 2. The molecule has 1 aliphatic rings. The van der Waals surface area contributed by atoms with E-state index < -0.39 is 17.7 Å². The van der Waals surface area contributed by atoms with Gasteiger partial charge in [0.05, 0.1) is 0 Å². The van der Waals surface area contributed by atoms with Crippen LogP contribution in [0.4, 0.5) is 0 Å². The normalized spacial score (nSPS) is 15.9. The summed E-state index contributed by atoms with van der Waals surface area (Å²) in [6, 6.07) is 0. The number of rotatable bonds is 16. The fraction of sp³-hybridized carbons (Fsp3) is 0.833. The van der Waals surface area contributed by atoms with Crippen molar-refractivity contribution < 1.29 is 19.1 Å². The highest BCUT2D eigenvalue weighted by molar-refractivity contribution is 6.15. The molecule has 0 aromatic carbocycles. The Morgan fingerprint density at radius 3 is 1.41 bits per heavy atom. The first-order chi connectivity index (χ1) is 13.9. The maximum absolute atomic E-state index is 12.0. The number of hydrogen-bond donors (Lipinski definition) is 1. The van der Waals surface area contributed by atoms with Gasteiger partial charge in [-0.1, -0.05) is 96.8 Å². The second-order valence-corrected chi connectivity index (χ2v) is 8.78. The maximum Gasteiger partial charge on any atom is 0.350 e. The zero-order valence-electron chi connectivity index (χ0n) is 19.0. The highest BCUT2D eigenvalue weighted by Crippen LogP contribution is 2.25. The lowest BCUT2D eigenvalue weighted by Gasteiger charge is -2.30. The summed E-state index contributed by atoms with van der Waals surface area (Å²) in [5.41, 5.74) is 6.10. The number of unbranched alkanes of at least 4 members (excludes halogenated alkanes) is 14. The fourth-order valence-corrected chi connectivity index (χ4v) is 3.73. The van der Waals surface area contributed by atoms with Crippen molar-refractivity contribution in [3.8, 4) is 0 Å². The Morgan fingerprint density at radius 2 is 1.03 bits per heavy atom. The van der Waals surface area contributed by atoms with Gasteiger partial charge in [-0.15, -0.1) is 0 Å². The largest absolute Gasteiger partial charge is 0.419 e. The van der Waals surface area contributed by atoms with Crippen LogP contribution in [0.3, 0.4) is 0 Å². The second kappa shape index (κ2) is 14.5. The first kappa shape index (κ1) is 25.5. The lowest BCUT2D eigenvalue weighted by atomic mass is 10.0. The molecule has 1 aliphatic heterocycles. The van der Waals surface area contributed by atoms with Crippen molar-refractivity contribution in [1.82, 2.24) is 0 Å². The summed E-state index contributed by atoms with van der Waals surface area (Å²) in [5, 5.41) is 0. The van der Waals surface area contributed by atoms with Gasteiger partial charge in [0.25, 0.3) is 5.79 Å². The van der Waals surface area contributed by atoms with E-state index in [9.17, 15) is 9.59 Å². The van der Waals surface area contributed by atoms with Crippen LogP contribution >= 0.6 is 0 Å². The molecular weight excluding hydrogens is 366 g/mol. The molecule has 0 aromatic rings. The number of nitrogens with two attached hydrogens (primary N) is 1. The van der Waals surface area contributed by atoms with E-state index in [-0.39, 0.29) is 11.3 Å². The van der Waals surface area contributed by atoms with E-state index >= 15 is 0 Å². The van der Waals surface area contributed by atoms with Crippen LogP contribution in [0.5, 0.6) is 0 Å². The number of carbonyl (C=O) groups is 2. The minimum atomic E-state index is -1.22. The second-order valence-electron chi connectivity index (χ2n) is 8.78. The molecule has 5 heteroatoms. The number of hydrogen-bond acceptors (Lipinski definition) is 5. The van der Waals surface area contributed by atoms with E-state index in [1.807, 2.05) is 0 Å². The van der Waals surface area contributed by atoms with Crippen LogP contribution in [-0.4, -0.2) is 17.7 Å². The minimum absolute atomic E-state index is 0.130. The van der Waals surface area contributed by atoms with Gasteiger partial charge in [0.15, 0.2) is 5.57 Å². The Kier molecular flexibility index (Phi) is 12.7. The van der Waals surface area contributed by atoms with Crippen LogP contribution < -0.4 is 5.73 Å². The summed E-state index contributed by atoms with van der Waals surface area (Å²) in [6.45, 7) is 5.33. The molecule has 0 amide bonds. The molecule has 29 heavy (non-hydrogen) atoms. The molecular formula is C24H43NO4. The monoisotopic (exact) mass is 409 g/mol. The molecule has 0 unspecified atom stereocenters. The number of ether oxygens (including phenoxy) is 2. The van der Waals surface area contributed by atoms with Crippen molar-refractivity contribution in [3.05, 3.63) is 11.3 Å². The van der Waals surface area contributed by atoms with Gasteiger partial charge in [-0.2, -0.15) is 0 Å². The van der Waals surface area contributed by atoms with Gasteiger partial charge in [0.1, 0.15) is 0 Å². The van der Waals surface area contributed by atoms with Crippen molar-refractivity contribution in [2.75, 3.05) is 0 Å². The van der Waals surface area contributed by atoms with Crippen LogP contribution in [0.2, 0.25) is 0 Å². The van der Waals surface area contributed by atoms with Crippen molar-refractivity contribution in [3.63, 3.8) is 0 Å². The molecule has 5 nitrogen and oxygen atoms in total. The van der Waals surface area contributed by atoms with Crippen molar-refractivity contribution in [2.45, 2.75) is 129 Å². The van der Waals surface area contributed by atoms with Gasteiger partial charge in [0.2, 0.25) is 0 Å². The van der Waals surface area contributed by atoms with E-state index in [4.69, 9.17) is 15.2 Å². The summed E-state index contributed by atoms with van der Waals surface area (Å²) in [4.78, 5) is 23.9. The van der Waals surface area contributed by atoms with Gasteiger partial charge >= 0.3 is 11.9 Å². The summed E-state index contributed by atoms with van der Waals surface area (Å²) in [6.07, 6.45) is 20.0. The summed E-state index contributed by atoms with van der Waals surface area (Å²) in [5.74, 6) is -2.57. The minimum Gasteiger partial charge on any atom is -0.419 e. The lowest BCUT2D eigenvalue weighted by molar-refractivity contribution is -0.222. The van der Waals surface area contributed by atoms with Gasteiger partial charge in [-0.3, -0.25) is 0 Å². The zero-order chi connectivity index (χ0) is 21.5. The molecule has 0 radical (unpaired) electrons. The van der Waals surface area contributed by atoms with Crippen molar-refractivity contribution >= 4 is 11.9 Å². The fourth-order valence-electron chi connectivity index (χ4n) is 3.73. The van der Waals surface area contributed by atoms with Crippen LogP contribution in [0.15, 0.2) is 11.3 Å². The lowest BCUT2D eigenvalue weighted by Crippen LogP contribution is -2.42. The van der Waals surface area contributed by atoms with Crippen LogP contribution in [0.25, 0.3) is 0 Å². The van der Waals surface area contributed by atoms with Crippen molar-refractivity contribution in [2.24, 2.45) is 5.73 Å². The Bertz CT molecular complexity index is 503. The smallest absolute Gasteiger partial charge is 0.350 e. The third-order valence-corrected chi connectivity index (χ3v) is 5.46. The molecule has 2 N–H and O–H groups in total. The quantitative estimate of drug-likeness (QED) is 0.140. The highest BCUT2D eigenvalue weighted by atomic mass is 16.7. The summed E-state index contributed by atoms with van der Waals surface area (Å²) < 4.78 is 10.2. The SMILES string of the molecule is CCCCCCCCCCCCCCCCCC(N)=C1C(=O)OC(C)(C)OC1=O. The highest BCUT2D eigenvalue weighted by Gasteiger charge is 2.40. The molecule has 1 fully saturated rings. The molecule has 1 saturated heterocycles. The number of allylic oxidation sites excluding steroid dienone is 1. The van der Waals surface area contributed by atoms with Crippen LogP contribution in [-0.2, 0) is 19.1 Å². The Labute approximate surface area is 177 Å². The first-order valence-corrected chi connectivity index (χ1v) is 11.8. The summed E-state index contributed by atoms with van der Waals surface area (Å²) in [7, 11) is 0. The molecule has 0 saturated carbocycles. The van der Waals surface area contributed by atoms with Crippen LogP contribution in [0.1, 0.15) is 124 Å². The Balaban J connectivity index is 1.99. The molecule has 1 rings (SSSR count). The predicted molar refractivity (Wildman–Crippen MR) is 117 cm³/mol. The standard InChI is InChI=1S/C24H43NO4/c1-4-5-6-7-8-9-10-11-12-13-14-15-16-17-18-19-20(25)21-22(26)28-24(2,3)29-23(21)27/h4-19,25H2,1-3H3. The van der Waals surface area contributed by atoms with E-state index in [1.54, 1.807) is 0 Å². The maximum atomic E-state index is 12.0. The summed E-state index contributed by atoms with van der Waals surface area (Å²) >= 11 is 0. The topological polar surface area (TPSA) is 78.6 Å². The molecule has 0 atom stereocenters. The first-order valence-electron chi connectivity index (χ1n) is 11.8. The van der Waals surface area contributed by atoms with Crippen LogP contribution in [0, 0.1) is 0 Å². The van der Waals surface area contributed by atoms with Gasteiger partial charge in [0, 0.05) is 19.5 Å². The molecule has 168 valence electrons.